The third-order valence-corrected chi connectivity index (χ3v) is 4.00. The molecule has 1 fully saturated rings. The molecule has 20 heavy (non-hydrogen) atoms. The van der Waals surface area contributed by atoms with Crippen molar-refractivity contribution in [1.29, 1.82) is 0 Å². The normalized spacial score (nSPS) is 26.6. The van der Waals surface area contributed by atoms with Gasteiger partial charge < -0.3 is 14.8 Å². The molecule has 2 atom stereocenters. The van der Waals surface area contributed by atoms with Crippen molar-refractivity contribution in [2.75, 3.05) is 0 Å². The predicted molar refractivity (Wildman–Crippen MR) is 77.0 cm³/mol. The first kappa shape index (κ1) is 15.5. The topological polar surface area (TPSA) is 49.7 Å². The predicted octanol–water partition coefficient (Wildman–Crippen LogP) is 1.85. The highest BCUT2D eigenvalue weighted by atomic mass is 19.1. The molecule has 2 unspecified atom stereocenters. The van der Waals surface area contributed by atoms with E-state index in [-0.39, 0.29) is 18.2 Å². The summed E-state index contributed by atoms with van der Waals surface area (Å²) in [5.41, 5.74) is 0.814. The molecule has 0 heterocycles. The molecule has 3 nitrogen and oxygen atoms in total. The summed E-state index contributed by atoms with van der Waals surface area (Å²) >= 11 is 0. The first-order chi connectivity index (χ1) is 9.45. The van der Waals surface area contributed by atoms with Crippen LogP contribution in [0.5, 0.6) is 0 Å². The number of hydrogen-bond acceptors (Lipinski definition) is 3. The van der Waals surface area contributed by atoms with Crippen LogP contribution in [0.15, 0.2) is 18.2 Å². The molecule has 0 aliphatic heterocycles. The maximum Gasteiger partial charge on any atom is 0.488 e. The van der Waals surface area contributed by atoms with E-state index in [9.17, 15) is 14.4 Å². The van der Waals surface area contributed by atoms with Gasteiger partial charge in [-0.15, -0.1) is 0 Å². The molecule has 0 spiro atoms. The second-order valence-electron chi connectivity index (χ2n) is 6.07. The minimum atomic E-state index is -1.67. The Morgan fingerprint density at radius 1 is 1.20 bits per heavy atom. The third-order valence-electron chi connectivity index (χ3n) is 4.00. The summed E-state index contributed by atoms with van der Waals surface area (Å²) < 4.78 is 19.0. The lowest BCUT2D eigenvalue weighted by atomic mass is 9.77. The van der Waals surface area contributed by atoms with Gasteiger partial charge in [-0.1, -0.05) is 19.9 Å². The Balaban J connectivity index is 2.00. The smallest absolute Gasteiger partial charge is 0.423 e. The summed E-state index contributed by atoms with van der Waals surface area (Å²) in [5, 5.41) is 18.6. The van der Waals surface area contributed by atoms with Crippen molar-refractivity contribution in [3.8, 4) is 0 Å². The van der Waals surface area contributed by atoms with E-state index in [0.717, 1.165) is 18.9 Å². The molecule has 1 aromatic rings. The molecule has 0 aromatic heterocycles. The fourth-order valence-electron chi connectivity index (χ4n) is 3.15. The van der Waals surface area contributed by atoms with Crippen molar-refractivity contribution in [1.82, 2.24) is 0 Å². The summed E-state index contributed by atoms with van der Waals surface area (Å²) in [6, 6.07) is 4.02. The Labute approximate surface area is 119 Å². The van der Waals surface area contributed by atoms with Crippen LogP contribution < -0.4 is 5.46 Å². The van der Waals surface area contributed by atoms with Crippen molar-refractivity contribution in [3.05, 3.63) is 29.6 Å². The average Bonchev–Trinajstić information content (AvgIpc) is 2.36. The van der Waals surface area contributed by atoms with E-state index in [1.54, 1.807) is 6.07 Å². The van der Waals surface area contributed by atoms with Gasteiger partial charge in [0.1, 0.15) is 5.82 Å². The van der Waals surface area contributed by atoms with Gasteiger partial charge in [0, 0.05) is 0 Å². The van der Waals surface area contributed by atoms with E-state index in [1.807, 2.05) is 0 Å². The molecule has 0 saturated heterocycles. The average molecular weight is 280 g/mol. The van der Waals surface area contributed by atoms with Crippen LogP contribution >= 0.6 is 0 Å². The van der Waals surface area contributed by atoms with Gasteiger partial charge in [0.2, 0.25) is 0 Å². The molecular formula is C15H22BFO3. The van der Waals surface area contributed by atoms with E-state index < -0.39 is 12.9 Å². The maximum atomic E-state index is 13.1. The van der Waals surface area contributed by atoms with Gasteiger partial charge >= 0.3 is 7.12 Å². The molecule has 1 aliphatic rings. The first-order valence-electron chi connectivity index (χ1n) is 7.21. The van der Waals surface area contributed by atoms with Crippen LogP contribution in [-0.2, 0) is 11.3 Å². The van der Waals surface area contributed by atoms with Crippen LogP contribution in [0.2, 0.25) is 0 Å². The van der Waals surface area contributed by atoms with E-state index in [2.05, 4.69) is 13.8 Å². The zero-order valence-corrected chi connectivity index (χ0v) is 12.1. The SMILES string of the molecule is CC1CC(C)CC(OCc2ccc(F)cc2B(O)O)C1. The highest BCUT2D eigenvalue weighted by molar-refractivity contribution is 6.59. The number of hydrogen-bond donors (Lipinski definition) is 2. The highest BCUT2D eigenvalue weighted by Gasteiger charge is 2.25. The van der Waals surface area contributed by atoms with Crippen molar-refractivity contribution >= 4 is 12.6 Å². The Morgan fingerprint density at radius 3 is 2.45 bits per heavy atom. The molecule has 5 heteroatoms. The van der Waals surface area contributed by atoms with Crippen molar-refractivity contribution in [2.24, 2.45) is 11.8 Å². The second kappa shape index (κ2) is 6.70. The van der Waals surface area contributed by atoms with Crippen LogP contribution in [-0.4, -0.2) is 23.3 Å². The van der Waals surface area contributed by atoms with Crippen molar-refractivity contribution in [2.45, 2.75) is 45.8 Å². The quantitative estimate of drug-likeness (QED) is 0.827. The molecule has 1 aromatic carbocycles. The summed E-state index contributed by atoms with van der Waals surface area (Å²) in [7, 11) is -1.67. The lowest BCUT2D eigenvalue weighted by Crippen LogP contribution is -2.34. The van der Waals surface area contributed by atoms with Gasteiger partial charge in [-0.05, 0) is 54.3 Å². The van der Waals surface area contributed by atoms with Gasteiger partial charge in [0.05, 0.1) is 12.7 Å². The van der Waals surface area contributed by atoms with Gasteiger partial charge in [-0.25, -0.2) is 4.39 Å². The van der Waals surface area contributed by atoms with Gasteiger partial charge in [0.15, 0.2) is 0 Å². The summed E-state index contributed by atoms with van der Waals surface area (Å²) in [5.74, 6) is 0.830. The van der Waals surface area contributed by atoms with E-state index >= 15 is 0 Å². The standard InChI is InChI=1S/C15H22BFO3/c1-10-5-11(2)7-14(6-10)20-9-12-3-4-13(17)8-15(12)16(18)19/h3-4,8,10-11,14,18-19H,5-7,9H2,1-2H3. The Morgan fingerprint density at radius 2 is 1.85 bits per heavy atom. The van der Waals surface area contributed by atoms with Crippen LogP contribution in [0.4, 0.5) is 4.39 Å². The van der Waals surface area contributed by atoms with Gasteiger partial charge in [-0.2, -0.15) is 0 Å². The molecule has 110 valence electrons. The molecule has 1 saturated carbocycles. The van der Waals surface area contributed by atoms with Crippen LogP contribution in [0.3, 0.4) is 0 Å². The van der Waals surface area contributed by atoms with Gasteiger partial charge in [0.25, 0.3) is 0 Å². The fourth-order valence-corrected chi connectivity index (χ4v) is 3.15. The van der Waals surface area contributed by atoms with Gasteiger partial charge in [-0.3, -0.25) is 0 Å². The molecule has 0 radical (unpaired) electrons. The number of benzene rings is 1. The zero-order valence-electron chi connectivity index (χ0n) is 12.1. The molecular weight excluding hydrogens is 258 g/mol. The first-order valence-corrected chi connectivity index (χ1v) is 7.21. The lowest BCUT2D eigenvalue weighted by Gasteiger charge is -2.31. The molecule has 2 rings (SSSR count). The number of halogens is 1. The van der Waals surface area contributed by atoms with Crippen LogP contribution in [0.1, 0.15) is 38.7 Å². The fraction of sp³-hybridized carbons (Fsp3) is 0.600. The summed E-state index contributed by atoms with van der Waals surface area (Å²) in [6.45, 7) is 4.75. The largest absolute Gasteiger partial charge is 0.488 e. The lowest BCUT2D eigenvalue weighted by molar-refractivity contribution is -0.00893. The minimum Gasteiger partial charge on any atom is -0.423 e. The molecule has 2 N–H and O–H groups in total. The number of rotatable bonds is 4. The minimum absolute atomic E-state index is 0.182. The van der Waals surface area contributed by atoms with Crippen molar-refractivity contribution < 1.29 is 19.2 Å². The Bertz CT molecular complexity index is 443. The highest BCUT2D eigenvalue weighted by Crippen LogP contribution is 2.30. The Kier molecular flexibility index (Phi) is 5.19. The Hall–Kier alpha value is -0.905. The maximum absolute atomic E-state index is 13.1. The monoisotopic (exact) mass is 280 g/mol. The third kappa shape index (κ3) is 4.04. The number of ether oxygens (including phenoxy) is 1. The molecule has 0 amide bonds. The van der Waals surface area contributed by atoms with E-state index in [4.69, 9.17) is 4.74 Å². The zero-order chi connectivity index (χ0) is 14.7. The van der Waals surface area contributed by atoms with Crippen LogP contribution in [0.25, 0.3) is 0 Å². The van der Waals surface area contributed by atoms with E-state index in [0.29, 0.717) is 17.4 Å². The summed E-state index contributed by atoms with van der Waals surface area (Å²) in [4.78, 5) is 0. The summed E-state index contributed by atoms with van der Waals surface area (Å²) in [6.07, 6.45) is 3.49. The second-order valence-corrected chi connectivity index (χ2v) is 6.07. The van der Waals surface area contributed by atoms with Crippen LogP contribution in [0, 0.1) is 17.7 Å². The molecule has 1 aliphatic carbocycles. The van der Waals surface area contributed by atoms with Crippen molar-refractivity contribution in [3.63, 3.8) is 0 Å². The van der Waals surface area contributed by atoms with E-state index in [1.165, 1.54) is 12.5 Å². The molecule has 0 bridgehead atoms.